The van der Waals surface area contributed by atoms with Gasteiger partial charge in [0, 0.05) is 0 Å². The molecule has 0 spiro atoms. The van der Waals surface area contributed by atoms with Crippen LogP contribution in [-0.2, 0) is 6.18 Å². The number of hydrogen-bond donors (Lipinski definition) is 1. The molecule has 1 heterocycles. The van der Waals surface area contributed by atoms with Gasteiger partial charge in [-0.1, -0.05) is 5.10 Å². The lowest BCUT2D eigenvalue weighted by atomic mass is 10.2. The maximum atomic E-state index is 12.3. The van der Waals surface area contributed by atoms with Crippen molar-refractivity contribution in [3.05, 3.63) is 34.6 Å². The molecule has 4 nitrogen and oxygen atoms in total. The SMILES string of the molecule is FC(F)(F)c1ccc(-n2nnc(=S)[nH]2)cc1. The fourth-order valence-electron chi connectivity index (χ4n) is 1.13. The highest BCUT2D eigenvalue weighted by molar-refractivity contribution is 7.71. The Morgan fingerprint density at radius 2 is 1.81 bits per heavy atom. The fourth-order valence-corrected chi connectivity index (χ4v) is 1.25. The Labute approximate surface area is 92.7 Å². The molecule has 1 aromatic carbocycles. The molecule has 0 radical (unpaired) electrons. The molecule has 1 aromatic heterocycles. The van der Waals surface area contributed by atoms with E-state index >= 15 is 0 Å². The normalized spacial score (nSPS) is 11.7. The van der Waals surface area contributed by atoms with Gasteiger partial charge in [-0.2, -0.15) is 18.0 Å². The molecule has 2 rings (SSSR count). The molecule has 0 amide bonds. The number of nitrogens with zero attached hydrogens (tertiary/aromatic N) is 3. The molecule has 0 aliphatic rings. The summed E-state index contributed by atoms with van der Waals surface area (Å²) in [5.41, 5.74) is -0.286. The van der Waals surface area contributed by atoms with E-state index in [2.05, 4.69) is 27.6 Å². The summed E-state index contributed by atoms with van der Waals surface area (Å²) in [6.45, 7) is 0. The Bertz CT molecular complexity index is 539. The molecule has 8 heteroatoms. The minimum atomic E-state index is -4.34. The first-order chi connectivity index (χ1) is 7.47. The number of aromatic nitrogens is 4. The smallest absolute Gasteiger partial charge is 0.249 e. The van der Waals surface area contributed by atoms with Gasteiger partial charge in [-0.15, -0.1) is 0 Å². The molecule has 0 fully saturated rings. The standard InChI is InChI=1S/C8H5F3N4S/c9-8(10,11)5-1-3-6(4-2-5)15-13-7(16)12-14-15/h1-4H,(H,13,16). The second-order valence-electron chi connectivity index (χ2n) is 2.96. The van der Waals surface area contributed by atoms with Crippen molar-refractivity contribution in [2.75, 3.05) is 0 Å². The Morgan fingerprint density at radius 3 is 2.25 bits per heavy atom. The van der Waals surface area contributed by atoms with Crippen LogP contribution in [0.1, 0.15) is 5.56 Å². The average molecular weight is 246 g/mol. The zero-order valence-corrected chi connectivity index (χ0v) is 8.51. The number of H-pyrrole nitrogens is 1. The quantitative estimate of drug-likeness (QED) is 0.785. The topological polar surface area (TPSA) is 46.5 Å². The van der Waals surface area contributed by atoms with Crippen molar-refractivity contribution in [2.24, 2.45) is 0 Å². The van der Waals surface area contributed by atoms with Crippen LogP contribution in [0.5, 0.6) is 0 Å². The second-order valence-corrected chi connectivity index (χ2v) is 3.35. The maximum Gasteiger partial charge on any atom is 0.416 e. The average Bonchev–Trinajstić information content (AvgIpc) is 2.64. The number of hydrogen-bond acceptors (Lipinski definition) is 3. The number of aromatic amines is 1. The first-order valence-electron chi connectivity index (χ1n) is 4.16. The van der Waals surface area contributed by atoms with E-state index in [1.807, 2.05) is 0 Å². The van der Waals surface area contributed by atoms with E-state index in [1.54, 1.807) is 0 Å². The molecule has 0 atom stereocenters. The Kier molecular flexibility index (Phi) is 2.50. The third-order valence-electron chi connectivity index (χ3n) is 1.87. The summed E-state index contributed by atoms with van der Waals surface area (Å²) >= 11 is 4.69. The van der Waals surface area contributed by atoms with Gasteiger partial charge < -0.3 is 0 Å². The van der Waals surface area contributed by atoms with Crippen molar-refractivity contribution < 1.29 is 13.2 Å². The highest BCUT2D eigenvalue weighted by atomic mass is 32.1. The van der Waals surface area contributed by atoms with Gasteiger partial charge >= 0.3 is 6.18 Å². The molecule has 0 saturated carbocycles. The van der Waals surface area contributed by atoms with Gasteiger partial charge in [-0.05, 0) is 41.7 Å². The van der Waals surface area contributed by atoms with E-state index in [4.69, 9.17) is 0 Å². The van der Waals surface area contributed by atoms with Crippen LogP contribution in [0.4, 0.5) is 13.2 Å². The lowest BCUT2D eigenvalue weighted by Crippen LogP contribution is -2.05. The molecule has 2 aromatic rings. The van der Waals surface area contributed by atoms with E-state index in [-0.39, 0.29) is 4.77 Å². The third kappa shape index (κ3) is 2.11. The Balaban J connectivity index is 2.36. The lowest BCUT2D eigenvalue weighted by molar-refractivity contribution is -0.137. The molecule has 0 aliphatic carbocycles. The highest BCUT2D eigenvalue weighted by Gasteiger charge is 2.29. The van der Waals surface area contributed by atoms with Crippen molar-refractivity contribution in [3.63, 3.8) is 0 Å². The summed E-state index contributed by atoms with van der Waals surface area (Å²) in [7, 11) is 0. The molecular formula is C8H5F3N4S. The highest BCUT2D eigenvalue weighted by Crippen LogP contribution is 2.29. The maximum absolute atomic E-state index is 12.3. The molecule has 0 aliphatic heterocycles. The number of rotatable bonds is 1. The molecule has 0 unspecified atom stereocenters. The molecule has 0 saturated heterocycles. The lowest BCUT2D eigenvalue weighted by Gasteiger charge is -2.06. The molecule has 0 bridgehead atoms. The van der Waals surface area contributed by atoms with Crippen LogP contribution in [-0.4, -0.2) is 20.2 Å². The van der Waals surface area contributed by atoms with Crippen molar-refractivity contribution in [2.45, 2.75) is 6.18 Å². The zero-order valence-electron chi connectivity index (χ0n) is 7.69. The minimum absolute atomic E-state index is 0.167. The van der Waals surface area contributed by atoms with Crippen molar-refractivity contribution in [1.82, 2.24) is 20.2 Å². The first kappa shape index (κ1) is 10.8. The number of tetrazole rings is 1. The number of halogens is 3. The Hall–Kier alpha value is -1.70. The zero-order chi connectivity index (χ0) is 11.8. The van der Waals surface area contributed by atoms with E-state index < -0.39 is 11.7 Å². The Morgan fingerprint density at radius 1 is 1.19 bits per heavy atom. The fraction of sp³-hybridized carbons (Fsp3) is 0.125. The van der Waals surface area contributed by atoms with Crippen molar-refractivity contribution >= 4 is 12.2 Å². The number of benzene rings is 1. The molecule has 84 valence electrons. The second kappa shape index (κ2) is 3.71. The summed E-state index contributed by atoms with van der Waals surface area (Å²) in [4.78, 5) is 1.20. The largest absolute Gasteiger partial charge is 0.416 e. The van der Waals surface area contributed by atoms with Gasteiger partial charge in [0.25, 0.3) is 0 Å². The predicted octanol–water partition coefficient (Wildman–Crippen LogP) is 2.34. The van der Waals surface area contributed by atoms with Crippen LogP contribution < -0.4 is 0 Å². The minimum Gasteiger partial charge on any atom is -0.249 e. The number of alkyl halides is 3. The van der Waals surface area contributed by atoms with Crippen LogP contribution in [0.3, 0.4) is 0 Å². The van der Waals surface area contributed by atoms with Crippen LogP contribution in [0.25, 0.3) is 5.69 Å². The monoisotopic (exact) mass is 246 g/mol. The summed E-state index contributed by atoms with van der Waals surface area (Å²) in [6.07, 6.45) is -4.34. The summed E-state index contributed by atoms with van der Waals surface area (Å²) in [5, 5.41) is 9.70. The summed E-state index contributed by atoms with van der Waals surface area (Å²) in [5.74, 6) is 0. The van der Waals surface area contributed by atoms with Crippen molar-refractivity contribution in [1.29, 1.82) is 0 Å². The van der Waals surface area contributed by atoms with Crippen LogP contribution in [0.15, 0.2) is 24.3 Å². The third-order valence-corrected chi connectivity index (χ3v) is 2.04. The van der Waals surface area contributed by atoms with Crippen molar-refractivity contribution in [3.8, 4) is 5.69 Å². The van der Waals surface area contributed by atoms with Gasteiger partial charge in [0.05, 0.1) is 11.3 Å². The number of nitrogens with one attached hydrogen (secondary N) is 1. The van der Waals surface area contributed by atoms with E-state index in [0.717, 1.165) is 12.1 Å². The van der Waals surface area contributed by atoms with E-state index in [9.17, 15) is 13.2 Å². The van der Waals surface area contributed by atoms with Gasteiger partial charge in [-0.25, -0.2) is 5.10 Å². The van der Waals surface area contributed by atoms with Gasteiger partial charge in [-0.3, -0.25) is 0 Å². The summed E-state index contributed by atoms with van der Waals surface area (Å²) < 4.78 is 37.0. The molecule has 16 heavy (non-hydrogen) atoms. The molecular weight excluding hydrogens is 241 g/mol. The van der Waals surface area contributed by atoms with Gasteiger partial charge in [0.1, 0.15) is 0 Å². The van der Waals surface area contributed by atoms with Crippen LogP contribution in [0, 0.1) is 4.77 Å². The predicted molar refractivity (Wildman–Crippen MR) is 51.5 cm³/mol. The van der Waals surface area contributed by atoms with E-state index in [0.29, 0.717) is 5.69 Å². The van der Waals surface area contributed by atoms with Crippen LogP contribution in [0.2, 0.25) is 0 Å². The van der Waals surface area contributed by atoms with Gasteiger partial charge in [0.2, 0.25) is 4.77 Å². The van der Waals surface area contributed by atoms with Crippen LogP contribution >= 0.6 is 12.2 Å². The molecule has 1 N–H and O–H groups in total. The summed E-state index contributed by atoms with van der Waals surface area (Å²) in [6, 6.07) is 4.49. The first-order valence-corrected chi connectivity index (χ1v) is 4.57. The van der Waals surface area contributed by atoms with Gasteiger partial charge in [0.15, 0.2) is 0 Å². The van der Waals surface area contributed by atoms with E-state index in [1.165, 1.54) is 16.9 Å².